The molecule has 0 saturated carbocycles. The summed E-state index contributed by atoms with van der Waals surface area (Å²) in [6.07, 6.45) is 6.32. The standard InChI is InChI=1S/C18H23.2CH3.Hf/c1-4-5-6-13-7-8-14-9-15-11-18(2,3)12-16(15)10-17(13)14;;;/h7-10H,4-6,11-12H2,1-3H3;2*1H3;/q3*-1;. The smallest absolute Gasteiger partial charge is 0 e. The Hall–Kier alpha value is -0.300. The molecule has 0 bridgehead atoms. The molecule has 2 aromatic carbocycles. The number of rotatable bonds is 3. The fourth-order valence-corrected chi connectivity index (χ4v) is 3.41. The van der Waals surface area contributed by atoms with Gasteiger partial charge in [-0.05, 0) is 18.3 Å². The van der Waals surface area contributed by atoms with Gasteiger partial charge >= 0.3 is 0 Å². The summed E-state index contributed by atoms with van der Waals surface area (Å²) in [6.45, 7) is 7.04. The third kappa shape index (κ3) is 4.12. The molecule has 0 atom stereocenters. The first-order chi connectivity index (χ1) is 8.59. The Kier molecular flexibility index (Phi) is 7.70. The van der Waals surface area contributed by atoms with Crippen LogP contribution in [0.25, 0.3) is 10.8 Å². The summed E-state index contributed by atoms with van der Waals surface area (Å²) in [5, 5.41) is 2.97. The van der Waals surface area contributed by atoms with E-state index in [0.29, 0.717) is 5.41 Å². The van der Waals surface area contributed by atoms with Crippen molar-refractivity contribution in [3.63, 3.8) is 0 Å². The van der Waals surface area contributed by atoms with Gasteiger partial charge < -0.3 is 14.9 Å². The van der Waals surface area contributed by atoms with Crippen LogP contribution in [0.1, 0.15) is 50.3 Å². The largest absolute Gasteiger partial charge is 0.358 e. The van der Waals surface area contributed by atoms with E-state index in [4.69, 9.17) is 0 Å². The number of aryl methyl sites for hydroxylation is 1. The zero-order valence-electron chi connectivity index (χ0n) is 14.3. The molecule has 0 aromatic heterocycles. The van der Waals surface area contributed by atoms with Gasteiger partial charge in [-0.1, -0.05) is 51.2 Å². The predicted octanol–water partition coefficient (Wildman–Crippen LogP) is 5.92. The van der Waals surface area contributed by atoms with Crippen LogP contribution in [0.4, 0.5) is 0 Å². The van der Waals surface area contributed by atoms with Gasteiger partial charge in [-0.3, -0.25) is 0 Å². The molecule has 0 N–H and O–H groups in total. The number of benzene rings is 1. The van der Waals surface area contributed by atoms with Crippen LogP contribution in [-0.4, -0.2) is 0 Å². The van der Waals surface area contributed by atoms with E-state index in [-0.39, 0.29) is 40.7 Å². The summed E-state index contributed by atoms with van der Waals surface area (Å²) in [5.74, 6) is 0. The molecule has 1 heteroatoms. The molecule has 0 saturated heterocycles. The van der Waals surface area contributed by atoms with E-state index in [2.05, 4.69) is 45.0 Å². The maximum absolute atomic E-state index is 2.48. The minimum Gasteiger partial charge on any atom is -0.358 e. The van der Waals surface area contributed by atoms with Gasteiger partial charge in [-0.25, -0.2) is 0 Å². The SMILES string of the molecule is CCCC[c-]1ccc2cc3c(cc21)CC(C)(C)C3.[CH3-].[CH3-].[Hf]. The summed E-state index contributed by atoms with van der Waals surface area (Å²) in [6, 6.07) is 9.56. The minimum absolute atomic E-state index is 0. The van der Waals surface area contributed by atoms with E-state index in [1.165, 1.54) is 42.9 Å². The zero-order valence-corrected chi connectivity index (χ0v) is 17.9. The fourth-order valence-electron chi connectivity index (χ4n) is 3.41. The molecule has 0 fully saturated rings. The van der Waals surface area contributed by atoms with Crippen molar-refractivity contribution in [1.29, 1.82) is 0 Å². The molecule has 1 aliphatic carbocycles. The number of fused-ring (bicyclic) bond motifs is 2. The molecule has 1 aliphatic rings. The summed E-state index contributed by atoms with van der Waals surface area (Å²) in [7, 11) is 0. The van der Waals surface area contributed by atoms with Crippen molar-refractivity contribution in [2.24, 2.45) is 5.41 Å². The third-order valence-electron chi connectivity index (χ3n) is 4.32. The molecule has 0 aliphatic heterocycles. The quantitative estimate of drug-likeness (QED) is 0.404. The van der Waals surface area contributed by atoms with Crippen molar-refractivity contribution in [1.82, 2.24) is 0 Å². The monoisotopic (exact) mass is 449 g/mol. The van der Waals surface area contributed by atoms with Crippen molar-refractivity contribution >= 4 is 10.8 Å². The Morgan fingerprint density at radius 3 is 2.33 bits per heavy atom. The summed E-state index contributed by atoms with van der Waals surface area (Å²) < 4.78 is 0. The first-order valence-electron chi connectivity index (χ1n) is 7.29. The van der Waals surface area contributed by atoms with Gasteiger partial charge in [0.05, 0.1) is 0 Å². The van der Waals surface area contributed by atoms with Crippen molar-refractivity contribution in [3.05, 3.63) is 55.8 Å². The molecule has 0 heterocycles. The molecule has 0 amide bonds. The Morgan fingerprint density at radius 2 is 1.71 bits per heavy atom. The fraction of sp³-hybridized carbons (Fsp3) is 0.450. The molecule has 21 heavy (non-hydrogen) atoms. The molecule has 116 valence electrons. The van der Waals surface area contributed by atoms with E-state index >= 15 is 0 Å². The topological polar surface area (TPSA) is 0 Å². The first kappa shape index (κ1) is 20.7. The van der Waals surface area contributed by atoms with Gasteiger partial charge in [0.25, 0.3) is 0 Å². The Labute approximate surface area is 150 Å². The average molecular weight is 448 g/mol. The van der Waals surface area contributed by atoms with E-state index in [0.717, 1.165) is 0 Å². The van der Waals surface area contributed by atoms with E-state index in [9.17, 15) is 0 Å². The first-order valence-corrected chi connectivity index (χ1v) is 7.29. The van der Waals surface area contributed by atoms with Crippen molar-refractivity contribution < 1.29 is 25.8 Å². The van der Waals surface area contributed by atoms with Gasteiger partial charge in [-0.15, -0.1) is 34.5 Å². The molecule has 2 aromatic rings. The third-order valence-corrected chi connectivity index (χ3v) is 4.32. The van der Waals surface area contributed by atoms with Gasteiger partial charge in [0.1, 0.15) is 0 Å². The van der Waals surface area contributed by atoms with Crippen LogP contribution in [0.15, 0.2) is 24.3 Å². The van der Waals surface area contributed by atoms with Crippen LogP contribution in [0.2, 0.25) is 0 Å². The van der Waals surface area contributed by atoms with Crippen molar-refractivity contribution in [3.8, 4) is 0 Å². The van der Waals surface area contributed by atoms with E-state index in [1.807, 2.05) is 0 Å². The normalized spacial score (nSPS) is 14.8. The molecular formula is C20H29Hf-3. The summed E-state index contributed by atoms with van der Waals surface area (Å²) >= 11 is 0. The van der Waals surface area contributed by atoms with E-state index < -0.39 is 0 Å². The maximum atomic E-state index is 2.48. The van der Waals surface area contributed by atoms with Gasteiger partial charge in [0.2, 0.25) is 0 Å². The van der Waals surface area contributed by atoms with E-state index in [1.54, 1.807) is 16.7 Å². The second-order valence-electron chi connectivity index (χ2n) is 6.69. The van der Waals surface area contributed by atoms with Crippen molar-refractivity contribution in [2.45, 2.75) is 52.9 Å². The van der Waals surface area contributed by atoms with Crippen LogP contribution in [-0.2, 0) is 45.1 Å². The second-order valence-corrected chi connectivity index (χ2v) is 6.69. The van der Waals surface area contributed by atoms with Crippen LogP contribution in [0.5, 0.6) is 0 Å². The van der Waals surface area contributed by atoms with Gasteiger partial charge in [0, 0.05) is 25.8 Å². The molecule has 0 radical (unpaired) electrons. The molecule has 0 nitrogen and oxygen atoms in total. The van der Waals surface area contributed by atoms with Crippen LogP contribution >= 0.6 is 0 Å². The Bertz CT molecular complexity index is 575. The summed E-state index contributed by atoms with van der Waals surface area (Å²) in [4.78, 5) is 0. The number of hydrogen-bond donors (Lipinski definition) is 0. The average Bonchev–Trinajstić information content (AvgIpc) is 2.81. The van der Waals surface area contributed by atoms with Crippen LogP contribution < -0.4 is 0 Å². The Balaban J connectivity index is 0.00000133. The van der Waals surface area contributed by atoms with Crippen LogP contribution in [0, 0.1) is 20.3 Å². The maximum Gasteiger partial charge on any atom is 0 e. The van der Waals surface area contributed by atoms with Crippen molar-refractivity contribution in [2.75, 3.05) is 0 Å². The number of unbranched alkanes of at least 4 members (excludes halogenated alkanes) is 1. The van der Waals surface area contributed by atoms with Gasteiger partial charge in [0.15, 0.2) is 0 Å². The second kappa shape index (κ2) is 7.81. The summed E-state index contributed by atoms with van der Waals surface area (Å²) in [5.41, 5.74) is 5.20. The number of hydrogen-bond acceptors (Lipinski definition) is 0. The molecular weight excluding hydrogens is 419 g/mol. The molecule has 0 spiro atoms. The van der Waals surface area contributed by atoms with Gasteiger partial charge in [-0.2, -0.15) is 6.07 Å². The Morgan fingerprint density at radius 1 is 1.10 bits per heavy atom. The molecule has 3 rings (SSSR count). The minimum atomic E-state index is 0. The molecule has 0 unspecified atom stereocenters. The zero-order chi connectivity index (χ0) is 12.8. The predicted molar refractivity (Wildman–Crippen MR) is 92.2 cm³/mol. The van der Waals surface area contributed by atoms with Crippen LogP contribution in [0.3, 0.4) is 0 Å².